The van der Waals surface area contributed by atoms with Gasteiger partial charge in [-0.25, -0.2) is 0 Å². The van der Waals surface area contributed by atoms with Crippen molar-refractivity contribution in [2.45, 2.75) is 24.6 Å². The van der Waals surface area contributed by atoms with Crippen LogP contribution in [0.3, 0.4) is 0 Å². The Bertz CT molecular complexity index is 206. The fraction of sp³-hybridized carbons (Fsp3) is 0.625. The van der Waals surface area contributed by atoms with Gasteiger partial charge in [0, 0.05) is 16.0 Å². The van der Waals surface area contributed by atoms with Gasteiger partial charge in [0.05, 0.1) is 0 Å². The van der Waals surface area contributed by atoms with Crippen molar-refractivity contribution in [2.24, 2.45) is 5.73 Å². The third-order valence-electron chi connectivity index (χ3n) is 1.66. The van der Waals surface area contributed by atoms with Crippen LogP contribution >= 0.6 is 23.4 Å². The molecule has 1 atom stereocenters. The van der Waals surface area contributed by atoms with Crippen LogP contribution in [0.25, 0.3) is 0 Å². The Morgan fingerprint density at radius 3 is 2.69 bits per heavy atom. The molecule has 0 saturated heterocycles. The van der Waals surface area contributed by atoms with E-state index in [1.54, 1.807) is 19.9 Å². The van der Waals surface area contributed by atoms with Gasteiger partial charge in [-0.1, -0.05) is 17.7 Å². The Morgan fingerprint density at radius 2 is 2.31 bits per heavy atom. The summed E-state index contributed by atoms with van der Waals surface area (Å²) in [5.41, 5.74) is 6.91. The Balaban J connectivity index is 4.13. The second kappa shape index (κ2) is 5.52. The van der Waals surface area contributed by atoms with Gasteiger partial charge in [-0.2, -0.15) is 0 Å². The van der Waals surface area contributed by atoms with Gasteiger partial charge in [0.25, 0.3) is 0 Å². The summed E-state index contributed by atoms with van der Waals surface area (Å²) in [5, 5.41) is 8.69. The highest BCUT2D eigenvalue weighted by Gasteiger charge is 2.31. The first-order valence-electron chi connectivity index (χ1n) is 3.79. The molecule has 3 nitrogen and oxygen atoms in total. The number of aliphatic carboxylic acids is 1. The molecule has 0 bridgehead atoms. The standard InChI is InChI=1S/C8H14ClNO2S/c1-8(2,6(10)7(11)12)13-5-3-4-9/h3-4,6H,5,10H2,1-2H3,(H,11,12)/b4-3+/t6-/m0/s1. The third-order valence-corrected chi connectivity index (χ3v) is 3.19. The van der Waals surface area contributed by atoms with Crippen LogP contribution in [-0.4, -0.2) is 27.6 Å². The first kappa shape index (κ1) is 12.8. The molecule has 76 valence electrons. The quantitative estimate of drug-likeness (QED) is 0.744. The van der Waals surface area contributed by atoms with Gasteiger partial charge in [0.15, 0.2) is 0 Å². The molecule has 0 saturated carbocycles. The average molecular weight is 224 g/mol. The van der Waals surface area contributed by atoms with Gasteiger partial charge in [-0.15, -0.1) is 11.8 Å². The summed E-state index contributed by atoms with van der Waals surface area (Å²) >= 11 is 6.79. The Kier molecular flexibility index (Phi) is 5.44. The monoisotopic (exact) mass is 223 g/mol. The number of rotatable bonds is 5. The van der Waals surface area contributed by atoms with Gasteiger partial charge in [-0.3, -0.25) is 4.79 Å². The lowest BCUT2D eigenvalue weighted by Crippen LogP contribution is -2.46. The molecule has 0 unspecified atom stereocenters. The van der Waals surface area contributed by atoms with E-state index in [1.165, 1.54) is 17.3 Å². The lowest BCUT2D eigenvalue weighted by Gasteiger charge is -2.27. The van der Waals surface area contributed by atoms with Crippen molar-refractivity contribution in [3.05, 3.63) is 11.6 Å². The van der Waals surface area contributed by atoms with Crippen LogP contribution in [0, 0.1) is 0 Å². The van der Waals surface area contributed by atoms with E-state index in [1.807, 2.05) is 0 Å². The van der Waals surface area contributed by atoms with Crippen LogP contribution in [0.2, 0.25) is 0 Å². The Morgan fingerprint density at radius 1 is 1.77 bits per heavy atom. The fourth-order valence-electron chi connectivity index (χ4n) is 0.686. The SMILES string of the molecule is CC(C)(SC/C=C/Cl)[C@@H](N)C(=O)O. The highest BCUT2D eigenvalue weighted by atomic mass is 35.5. The number of thioether (sulfide) groups is 1. The van der Waals surface area contributed by atoms with Crippen LogP contribution in [0.1, 0.15) is 13.8 Å². The average Bonchev–Trinajstić information content (AvgIpc) is 2.03. The molecule has 0 amide bonds. The van der Waals surface area contributed by atoms with Gasteiger partial charge in [0.1, 0.15) is 6.04 Å². The van der Waals surface area contributed by atoms with Crippen LogP contribution in [0.15, 0.2) is 11.6 Å². The molecule has 0 aromatic heterocycles. The largest absolute Gasteiger partial charge is 0.480 e. The predicted molar refractivity (Wildman–Crippen MR) is 57.1 cm³/mol. The fourth-order valence-corrected chi connectivity index (χ4v) is 1.78. The molecule has 0 aromatic rings. The summed E-state index contributed by atoms with van der Waals surface area (Å²) in [7, 11) is 0. The number of carboxylic acid groups (broad SMARTS) is 1. The number of nitrogens with two attached hydrogens (primary N) is 1. The highest BCUT2D eigenvalue weighted by molar-refractivity contribution is 8.00. The normalized spacial score (nSPS) is 14.8. The number of hydrogen-bond donors (Lipinski definition) is 2. The maximum atomic E-state index is 10.6. The maximum Gasteiger partial charge on any atom is 0.321 e. The second-order valence-electron chi connectivity index (χ2n) is 3.09. The van der Waals surface area contributed by atoms with Gasteiger partial charge in [-0.05, 0) is 13.8 Å². The van der Waals surface area contributed by atoms with Crippen molar-refractivity contribution in [1.29, 1.82) is 0 Å². The molecular weight excluding hydrogens is 210 g/mol. The first-order chi connectivity index (χ1) is 5.91. The van der Waals surface area contributed by atoms with Crippen LogP contribution < -0.4 is 5.73 Å². The molecule has 0 spiro atoms. The summed E-state index contributed by atoms with van der Waals surface area (Å²) in [5.74, 6) is -0.315. The van der Waals surface area contributed by atoms with E-state index in [0.29, 0.717) is 5.75 Å². The summed E-state index contributed by atoms with van der Waals surface area (Å²) in [6.07, 6.45) is 1.75. The van der Waals surface area contributed by atoms with E-state index in [-0.39, 0.29) is 0 Å². The molecule has 0 fully saturated rings. The molecule has 0 aromatic carbocycles. The van der Waals surface area contributed by atoms with Crippen LogP contribution in [-0.2, 0) is 4.79 Å². The lowest BCUT2D eigenvalue weighted by atomic mass is 10.1. The predicted octanol–water partition coefficient (Wildman–Crippen LogP) is 1.66. The van der Waals surface area contributed by atoms with Crippen molar-refractivity contribution in [2.75, 3.05) is 5.75 Å². The molecule has 0 aliphatic carbocycles. The molecule has 13 heavy (non-hydrogen) atoms. The summed E-state index contributed by atoms with van der Waals surface area (Å²) in [6.45, 7) is 3.61. The minimum absolute atomic E-state index is 0.484. The zero-order valence-electron chi connectivity index (χ0n) is 7.66. The minimum Gasteiger partial charge on any atom is -0.480 e. The maximum absolute atomic E-state index is 10.6. The van der Waals surface area contributed by atoms with Gasteiger partial charge in [0.2, 0.25) is 0 Å². The van der Waals surface area contributed by atoms with E-state index in [2.05, 4.69) is 0 Å². The van der Waals surface area contributed by atoms with E-state index < -0.39 is 16.8 Å². The summed E-state index contributed by atoms with van der Waals surface area (Å²) in [6, 6.07) is -0.860. The van der Waals surface area contributed by atoms with Crippen molar-refractivity contribution in [3.8, 4) is 0 Å². The summed E-state index contributed by atoms with van der Waals surface area (Å²) in [4.78, 5) is 10.6. The molecule has 0 rings (SSSR count). The van der Waals surface area contributed by atoms with E-state index in [9.17, 15) is 4.79 Å². The number of halogens is 1. The van der Waals surface area contributed by atoms with Gasteiger partial charge >= 0.3 is 5.97 Å². The van der Waals surface area contributed by atoms with Crippen LogP contribution in [0.4, 0.5) is 0 Å². The lowest BCUT2D eigenvalue weighted by molar-refractivity contribution is -0.139. The van der Waals surface area contributed by atoms with Gasteiger partial charge < -0.3 is 10.8 Å². The van der Waals surface area contributed by atoms with E-state index in [0.717, 1.165) is 0 Å². The van der Waals surface area contributed by atoms with Crippen molar-refractivity contribution in [1.82, 2.24) is 0 Å². The van der Waals surface area contributed by atoms with Crippen molar-refractivity contribution < 1.29 is 9.90 Å². The zero-order chi connectivity index (χ0) is 10.5. The van der Waals surface area contributed by atoms with Crippen LogP contribution in [0.5, 0.6) is 0 Å². The molecule has 0 heterocycles. The highest BCUT2D eigenvalue weighted by Crippen LogP contribution is 2.27. The molecule has 0 aliphatic rings. The molecule has 5 heteroatoms. The number of carbonyl (C=O) groups is 1. The number of carboxylic acids is 1. The topological polar surface area (TPSA) is 63.3 Å². The third kappa shape index (κ3) is 4.55. The molecule has 0 radical (unpaired) electrons. The second-order valence-corrected chi connectivity index (χ2v) is 5.02. The minimum atomic E-state index is -0.979. The number of hydrogen-bond acceptors (Lipinski definition) is 3. The molecule has 3 N–H and O–H groups in total. The first-order valence-corrected chi connectivity index (χ1v) is 5.21. The zero-order valence-corrected chi connectivity index (χ0v) is 9.23. The van der Waals surface area contributed by atoms with E-state index in [4.69, 9.17) is 22.4 Å². The smallest absolute Gasteiger partial charge is 0.321 e. The molecule has 0 aliphatic heterocycles. The Hall–Kier alpha value is -0.190. The molecular formula is C8H14ClNO2S. The Labute approximate surface area is 87.3 Å². The van der Waals surface area contributed by atoms with Crippen molar-refractivity contribution in [3.63, 3.8) is 0 Å². The summed E-state index contributed by atoms with van der Waals surface area (Å²) < 4.78 is -0.484. The van der Waals surface area contributed by atoms with E-state index >= 15 is 0 Å². The van der Waals surface area contributed by atoms with Crippen molar-refractivity contribution >= 4 is 29.3 Å².